The fraction of sp³-hybridized carbons (Fsp3) is 0.385. The van der Waals surface area contributed by atoms with Gasteiger partial charge in [-0.05, 0) is 48.4 Å². The Labute approximate surface area is 80.3 Å². The lowest BCUT2D eigenvalue weighted by Gasteiger charge is -2.13. The van der Waals surface area contributed by atoms with Crippen LogP contribution in [0.3, 0.4) is 0 Å². The average molecular weight is 172 g/mol. The zero-order valence-corrected chi connectivity index (χ0v) is 8.43. The van der Waals surface area contributed by atoms with Gasteiger partial charge in [-0.2, -0.15) is 0 Å². The Kier molecular flexibility index (Phi) is 2.22. The topological polar surface area (TPSA) is 0 Å². The van der Waals surface area contributed by atoms with E-state index in [4.69, 9.17) is 0 Å². The lowest BCUT2D eigenvalue weighted by Crippen LogP contribution is -1.98. The Morgan fingerprint density at radius 2 is 2.15 bits per heavy atom. The van der Waals surface area contributed by atoms with Gasteiger partial charge >= 0.3 is 0 Å². The van der Waals surface area contributed by atoms with E-state index in [1.54, 1.807) is 0 Å². The predicted octanol–water partition coefficient (Wildman–Crippen LogP) is 3.52. The first-order valence-electron chi connectivity index (χ1n) is 5.10. The van der Waals surface area contributed by atoms with Crippen LogP contribution in [0, 0.1) is 6.92 Å². The molecule has 0 unspecified atom stereocenters. The first kappa shape index (κ1) is 8.55. The minimum atomic E-state index is 1.16. The molecule has 0 amide bonds. The summed E-state index contributed by atoms with van der Waals surface area (Å²) in [5, 5.41) is 0. The van der Waals surface area contributed by atoms with Crippen LogP contribution < -0.4 is 0 Å². The fourth-order valence-corrected chi connectivity index (χ4v) is 2.03. The van der Waals surface area contributed by atoms with Crippen molar-refractivity contribution in [3.8, 4) is 0 Å². The van der Waals surface area contributed by atoms with E-state index in [0.29, 0.717) is 0 Å². The summed E-state index contributed by atoms with van der Waals surface area (Å²) in [7, 11) is 0. The maximum atomic E-state index is 2.38. The molecule has 0 nitrogen and oxygen atoms in total. The van der Waals surface area contributed by atoms with Crippen LogP contribution in [0.1, 0.15) is 35.6 Å². The number of allylic oxidation sites excluding steroid dienone is 1. The Hall–Kier alpha value is -1.04. The molecule has 0 heteroatoms. The van der Waals surface area contributed by atoms with Crippen molar-refractivity contribution in [3.63, 3.8) is 0 Å². The zero-order chi connectivity index (χ0) is 9.26. The number of fused-ring (bicyclic) bond motifs is 1. The van der Waals surface area contributed by atoms with E-state index in [9.17, 15) is 0 Å². The molecule has 0 aliphatic heterocycles. The SMILES string of the molecule is CCc1cc2c(cc1C)C=CCC2. The van der Waals surface area contributed by atoms with E-state index in [-0.39, 0.29) is 0 Å². The minimum Gasteiger partial charge on any atom is -0.0836 e. The number of hydrogen-bond acceptors (Lipinski definition) is 0. The second-order valence-corrected chi connectivity index (χ2v) is 3.77. The molecule has 0 saturated carbocycles. The molecule has 0 atom stereocenters. The van der Waals surface area contributed by atoms with E-state index >= 15 is 0 Å². The summed E-state index contributed by atoms with van der Waals surface area (Å²) < 4.78 is 0. The number of hydrogen-bond donors (Lipinski definition) is 0. The van der Waals surface area contributed by atoms with Gasteiger partial charge in [-0.3, -0.25) is 0 Å². The molecule has 0 bridgehead atoms. The van der Waals surface area contributed by atoms with Gasteiger partial charge < -0.3 is 0 Å². The first-order valence-corrected chi connectivity index (χ1v) is 5.10. The first-order chi connectivity index (χ1) is 6.31. The molecule has 1 aliphatic carbocycles. The second-order valence-electron chi connectivity index (χ2n) is 3.77. The Morgan fingerprint density at radius 1 is 1.31 bits per heavy atom. The van der Waals surface area contributed by atoms with Crippen molar-refractivity contribution in [2.24, 2.45) is 0 Å². The maximum Gasteiger partial charge on any atom is -0.0225 e. The van der Waals surface area contributed by atoms with Crippen LogP contribution in [0.4, 0.5) is 0 Å². The molecule has 0 spiro atoms. The maximum absolute atomic E-state index is 2.38. The van der Waals surface area contributed by atoms with Gasteiger partial charge in [-0.25, -0.2) is 0 Å². The monoisotopic (exact) mass is 172 g/mol. The highest BCUT2D eigenvalue weighted by atomic mass is 14.1. The predicted molar refractivity (Wildman–Crippen MR) is 57.9 cm³/mol. The van der Waals surface area contributed by atoms with Crippen molar-refractivity contribution >= 4 is 6.08 Å². The molecular formula is C13H16. The van der Waals surface area contributed by atoms with Crippen molar-refractivity contribution < 1.29 is 0 Å². The summed E-state index contributed by atoms with van der Waals surface area (Å²) in [5.74, 6) is 0. The van der Waals surface area contributed by atoms with E-state index in [0.717, 1.165) is 6.42 Å². The third-order valence-corrected chi connectivity index (χ3v) is 2.86. The third kappa shape index (κ3) is 1.53. The van der Waals surface area contributed by atoms with Crippen molar-refractivity contribution in [1.82, 2.24) is 0 Å². The Morgan fingerprint density at radius 3 is 2.92 bits per heavy atom. The minimum absolute atomic E-state index is 1.16. The van der Waals surface area contributed by atoms with E-state index in [1.165, 1.54) is 35.1 Å². The van der Waals surface area contributed by atoms with Gasteiger partial charge in [0.25, 0.3) is 0 Å². The van der Waals surface area contributed by atoms with Crippen LogP contribution in [-0.4, -0.2) is 0 Å². The van der Waals surface area contributed by atoms with Crippen molar-refractivity contribution in [2.45, 2.75) is 33.1 Å². The normalized spacial score (nSPS) is 14.3. The van der Waals surface area contributed by atoms with E-state index in [1.807, 2.05) is 0 Å². The molecule has 0 N–H and O–H groups in total. The van der Waals surface area contributed by atoms with Gasteiger partial charge in [-0.1, -0.05) is 31.2 Å². The number of rotatable bonds is 1. The lowest BCUT2D eigenvalue weighted by molar-refractivity contribution is 0.970. The van der Waals surface area contributed by atoms with Crippen LogP contribution in [0.25, 0.3) is 6.08 Å². The highest BCUT2D eigenvalue weighted by molar-refractivity contribution is 5.58. The third-order valence-electron chi connectivity index (χ3n) is 2.86. The summed E-state index contributed by atoms with van der Waals surface area (Å²) >= 11 is 0. The fourth-order valence-electron chi connectivity index (χ4n) is 2.03. The summed E-state index contributed by atoms with van der Waals surface area (Å²) in [5.41, 5.74) is 5.91. The molecule has 0 saturated heterocycles. The molecule has 0 aromatic heterocycles. The van der Waals surface area contributed by atoms with Gasteiger partial charge in [0.2, 0.25) is 0 Å². The Balaban J connectivity index is 2.52. The van der Waals surface area contributed by atoms with E-state index < -0.39 is 0 Å². The van der Waals surface area contributed by atoms with Crippen LogP contribution in [0.5, 0.6) is 0 Å². The van der Waals surface area contributed by atoms with Gasteiger partial charge in [0.05, 0.1) is 0 Å². The molecule has 0 radical (unpaired) electrons. The molecule has 2 rings (SSSR count). The number of aryl methyl sites for hydroxylation is 3. The molecule has 0 heterocycles. The summed E-state index contributed by atoms with van der Waals surface area (Å²) in [6.45, 7) is 4.44. The van der Waals surface area contributed by atoms with Crippen LogP contribution in [-0.2, 0) is 12.8 Å². The van der Waals surface area contributed by atoms with E-state index in [2.05, 4.69) is 38.1 Å². The Bertz CT molecular complexity index is 345. The van der Waals surface area contributed by atoms with Gasteiger partial charge in [0.1, 0.15) is 0 Å². The summed E-state index contributed by atoms with van der Waals surface area (Å²) in [6.07, 6.45) is 8.11. The van der Waals surface area contributed by atoms with Crippen molar-refractivity contribution in [2.75, 3.05) is 0 Å². The van der Waals surface area contributed by atoms with Gasteiger partial charge in [0, 0.05) is 0 Å². The molecular weight excluding hydrogens is 156 g/mol. The quantitative estimate of drug-likeness (QED) is 0.608. The van der Waals surface area contributed by atoms with Gasteiger partial charge in [-0.15, -0.1) is 0 Å². The van der Waals surface area contributed by atoms with Crippen molar-refractivity contribution in [1.29, 1.82) is 0 Å². The molecule has 0 fully saturated rings. The lowest BCUT2D eigenvalue weighted by atomic mass is 9.92. The second kappa shape index (κ2) is 3.37. The molecule has 1 aromatic rings. The van der Waals surface area contributed by atoms with Gasteiger partial charge in [0.15, 0.2) is 0 Å². The smallest absolute Gasteiger partial charge is 0.0225 e. The zero-order valence-electron chi connectivity index (χ0n) is 8.43. The standard InChI is InChI=1S/C13H16/c1-3-11-9-13-7-5-4-6-12(13)8-10(11)2/h4,6,8-9H,3,5,7H2,1-2H3. The highest BCUT2D eigenvalue weighted by Gasteiger charge is 2.06. The number of benzene rings is 1. The molecule has 13 heavy (non-hydrogen) atoms. The van der Waals surface area contributed by atoms with Crippen molar-refractivity contribution in [3.05, 3.63) is 40.5 Å². The van der Waals surface area contributed by atoms with Crippen LogP contribution in [0.2, 0.25) is 0 Å². The van der Waals surface area contributed by atoms with Crippen LogP contribution in [0.15, 0.2) is 18.2 Å². The largest absolute Gasteiger partial charge is 0.0836 e. The molecule has 1 aliphatic rings. The molecule has 1 aromatic carbocycles. The summed E-state index contributed by atoms with van der Waals surface area (Å²) in [6, 6.07) is 4.71. The van der Waals surface area contributed by atoms with Crippen LogP contribution >= 0.6 is 0 Å². The summed E-state index contributed by atoms with van der Waals surface area (Å²) in [4.78, 5) is 0. The molecule has 68 valence electrons. The highest BCUT2D eigenvalue weighted by Crippen LogP contribution is 2.23. The average Bonchev–Trinajstić information content (AvgIpc) is 2.17.